The molecule has 0 aliphatic carbocycles. The largest absolute Gasteiger partial charge is 0.379 e. The van der Waals surface area contributed by atoms with Crippen molar-refractivity contribution in [2.75, 3.05) is 11.9 Å². The van der Waals surface area contributed by atoms with Gasteiger partial charge in [-0.3, -0.25) is 4.79 Å². The molecule has 1 amide bonds. The molecular weight excluding hydrogens is 260 g/mol. The summed E-state index contributed by atoms with van der Waals surface area (Å²) in [5.74, 6) is -0.0409. The van der Waals surface area contributed by atoms with Crippen LogP contribution in [0.1, 0.15) is 29.4 Å². The summed E-state index contributed by atoms with van der Waals surface area (Å²) < 4.78 is 3.80. The highest BCUT2D eigenvalue weighted by molar-refractivity contribution is 7.03. The Kier molecular flexibility index (Phi) is 4.85. The van der Waals surface area contributed by atoms with E-state index in [1.54, 1.807) is 6.07 Å². The molecule has 100 valence electrons. The average molecular weight is 276 g/mol. The maximum Gasteiger partial charge on any atom is 0.251 e. The van der Waals surface area contributed by atoms with E-state index < -0.39 is 0 Å². The van der Waals surface area contributed by atoms with Crippen LogP contribution < -0.4 is 10.6 Å². The fraction of sp³-hybridized carbons (Fsp3) is 0.308. The Labute approximate surface area is 116 Å². The van der Waals surface area contributed by atoms with Gasteiger partial charge in [0.2, 0.25) is 0 Å². The van der Waals surface area contributed by atoms with Crippen LogP contribution in [0.4, 0.5) is 5.69 Å². The van der Waals surface area contributed by atoms with Crippen molar-refractivity contribution < 1.29 is 4.79 Å². The Bertz CT molecular complexity index is 527. The molecular formula is C13H16N4OS. The summed E-state index contributed by atoms with van der Waals surface area (Å²) in [4.78, 5) is 11.8. The van der Waals surface area contributed by atoms with Crippen LogP contribution in [0, 0.1) is 0 Å². The molecule has 0 aliphatic rings. The van der Waals surface area contributed by atoms with Gasteiger partial charge in [-0.1, -0.05) is 17.5 Å². The first kappa shape index (κ1) is 13.5. The zero-order valence-corrected chi connectivity index (χ0v) is 11.5. The highest BCUT2D eigenvalue weighted by Gasteiger charge is 2.05. The molecule has 5 nitrogen and oxygen atoms in total. The summed E-state index contributed by atoms with van der Waals surface area (Å²) in [7, 11) is 0. The van der Waals surface area contributed by atoms with Crippen molar-refractivity contribution in [2.45, 2.75) is 19.9 Å². The summed E-state index contributed by atoms with van der Waals surface area (Å²) in [6.07, 6.45) is 0.931. The van der Waals surface area contributed by atoms with E-state index >= 15 is 0 Å². The molecule has 0 radical (unpaired) electrons. The Morgan fingerprint density at radius 3 is 3.05 bits per heavy atom. The number of amides is 1. The van der Waals surface area contributed by atoms with E-state index in [2.05, 4.69) is 20.2 Å². The van der Waals surface area contributed by atoms with Gasteiger partial charge in [0.1, 0.15) is 0 Å². The van der Waals surface area contributed by atoms with Crippen molar-refractivity contribution in [1.29, 1.82) is 0 Å². The molecule has 19 heavy (non-hydrogen) atoms. The lowest BCUT2D eigenvalue weighted by atomic mass is 10.2. The highest BCUT2D eigenvalue weighted by Crippen LogP contribution is 2.12. The van der Waals surface area contributed by atoms with Gasteiger partial charge in [-0.05, 0) is 36.2 Å². The first-order valence-electron chi connectivity index (χ1n) is 6.17. The lowest BCUT2D eigenvalue weighted by Crippen LogP contribution is -2.23. The van der Waals surface area contributed by atoms with Crippen molar-refractivity contribution in [2.24, 2.45) is 0 Å². The van der Waals surface area contributed by atoms with Crippen LogP contribution in [0.25, 0.3) is 0 Å². The van der Waals surface area contributed by atoms with Gasteiger partial charge in [-0.15, -0.1) is 5.10 Å². The van der Waals surface area contributed by atoms with Gasteiger partial charge in [0.25, 0.3) is 5.91 Å². The highest BCUT2D eigenvalue weighted by atomic mass is 32.1. The van der Waals surface area contributed by atoms with Crippen LogP contribution in [0.15, 0.2) is 29.6 Å². The first-order valence-corrected chi connectivity index (χ1v) is 7.01. The second-order valence-corrected chi connectivity index (χ2v) is 4.70. The van der Waals surface area contributed by atoms with Gasteiger partial charge < -0.3 is 10.6 Å². The fourth-order valence-corrected chi connectivity index (χ4v) is 2.02. The molecule has 1 heterocycles. The molecule has 2 rings (SSSR count). The molecule has 0 bridgehead atoms. The SMILES string of the molecule is CCCNC(=O)c1cccc(NCc2csnn2)c1. The Morgan fingerprint density at radius 1 is 1.42 bits per heavy atom. The van der Waals surface area contributed by atoms with Crippen molar-refractivity contribution in [3.8, 4) is 0 Å². The maximum absolute atomic E-state index is 11.8. The Balaban J connectivity index is 1.96. The van der Waals surface area contributed by atoms with E-state index in [0.717, 1.165) is 17.8 Å². The van der Waals surface area contributed by atoms with E-state index in [4.69, 9.17) is 0 Å². The monoisotopic (exact) mass is 276 g/mol. The van der Waals surface area contributed by atoms with E-state index in [1.807, 2.05) is 30.5 Å². The molecule has 6 heteroatoms. The molecule has 0 saturated carbocycles. The number of hydrogen-bond donors (Lipinski definition) is 2. The zero-order chi connectivity index (χ0) is 13.5. The third-order valence-electron chi connectivity index (χ3n) is 2.54. The third-order valence-corrected chi connectivity index (χ3v) is 3.09. The molecule has 2 aromatic rings. The summed E-state index contributed by atoms with van der Waals surface area (Å²) >= 11 is 1.33. The molecule has 0 aliphatic heterocycles. The number of hydrogen-bond acceptors (Lipinski definition) is 5. The Hall–Kier alpha value is -1.95. The van der Waals surface area contributed by atoms with Gasteiger partial charge in [-0.25, -0.2) is 0 Å². The molecule has 0 unspecified atom stereocenters. The number of anilines is 1. The van der Waals surface area contributed by atoms with Gasteiger partial charge in [0.15, 0.2) is 0 Å². The predicted molar refractivity (Wildman–Crippen MR) is 76.3 cm³/mol. The predicted octanol–water partition coefficient (Wildman–Crippen LogP) is 2.29. The molecule has 0 atom stereocenters. The molecule has 0 spiro atoms. The molecule has 0 saturated heterocycles. The summed E-state index contributed by atoms with van der Waals surface area (Å²) in [6.45, 7) is 3.33. The van der Waals surface area contributed by atoms with Crippen molar-refractivity contribution in [1.82, 2.24) is 14.9 Å². The van der Waals surface area contributed by atoms with Crippen LogP contribution in [-0.4, -0.2) is 22.0 Å². The Morgan fingerprint density at radius 2 is 2.32 bits per heavy atom. The average Bonchev–Trinajstić information content (AvgIpc) is 2.96. The number of nitrogens with one attached hydrogen (secondary N) is 2. The van der Waals surface area contributed by atoms with E-state index in [1.165, 1.54) is 11.5 Å². The minimum absolute atomic E-state index is 0.0409. The van der Waals surface area contributed by atoms with Crippen LogP contribution >= 0.6 is 11.5 Å². The molecule has 0 fully saturated rings. The quantitative estimate of drug-likeness (QED) is 0.849. The fourth-order valence-electron chi connectivity index (χ4n) is 1.56. The van der Waals surface area contributed by atoms with Gasteiger partial charge in [0, 0.05) is 23.2 Å². The summed E-state index contributed by atoms with van der Waals surface area (Å²) in [5, 5.41) is 11.9. The number of aromatic nitrogens is 2. The van der Waals surface area contributed by atoms with Gasteiger partial charge in [-0.2, -0.15) is 0 Å². The molecule has 1 aromatic heterocycles. The van der Waals surface area contributed by atoms with E-state index in [-0.39, 0.29) is 5.91 Å². The van der Waals surface area contributed by atoms with E-state index in [0.29, 0.717) is 18.7 Å². The second kappa shape index (κ2) is 6.84. The first-order chi connectivity index (χ1) is 9.29. The number of nitrogens with zero attached hydrogens (tertiary/aromatic N) is 2. The second-order valence-electron chi connectivity index (χ2n) is 4.09. The number of benzene rings is 1. The van der Waals surface area contributed by atoms with Crippen molar-refractivity contribution in [3.63, 3.8) is 0 Å². The molecule has 1 aromatic carbocycles. The van der Waals surface area contributed by atoms with E-state index in [9.17, 15) is 4.79 Å². The van der Waals surface area contributed by atoms with Crippen molar-refractivity contribution >= 4 is 23.1 Å². The van der Waals surface area contributed by atoms with Crippen LogP contribution in [-0.2, 0) is 6.54 Å². The maximum atomic E-state index is 11.8. The topological polar surface area (TPSA) is 66.9 Å². The number of carbonyl (C=O) groups excluding carboxylic acids is 1. The zero-order valence-electron chi connectivity index (χ0n) is 10.7. The number of carbonyl (C=O) groups is 1. The summed E-state index contributed by atoms with van der Waals surface area (Å²) in [5.41, 5.74) is 2.46. The smallest absolute Gasteiger partial charge is 0.251 e. The van der Waals surface area contributed by atoms with Gasteiger partial charge >= 0.3 is 0 Å². The summed E-state index contributed by atoms with van der Waals surface area (Å²) in [6, 6.07) is 7.43. The van der Waals surface area contributed by atoms with Crippen LogP contribution in [0.2, 0.25) is 0 Å². The standard InChI is InChI=1S/C13H16N4OS/c1-2-6-14-13(18)10-4-3-5-11(7-10)15-8-12-9-19-17-16-12/h3-5,7,9,15H,2,6,8H2,1H3,(H,14,18). The van der Waals surface area contributed by atoms with Gasteiger partial charge in [0.05, 0.1) is 12.2 Å². The minimum atomic E-state index is -0.0409. The molecule has 2 N–H and O–H groups in total. The van der Waals surface area contributed by atoms with Crippen LogP contribution in [0.5, 0.6) is 0 Å². The minimum Gasteiger partial charge on any atom is -0.379 e. The number of rotatable bonds is 6. The van der Waals surface area contributed by atoms with Crippen LogP contribution in [0.3, 0.4) is 0 Å². The lowest BCUT2D eigenvalue weighted by Gasteiger charge is -2.07. The normalized spacial score (nSPS) is 10.2. The lowest BCUT2D eigenvalue weighted by molar-refractivity contribution is 0.0953. The third kappa shape index (κ3) is 4.03. The van der Waals surface area contributed by atoms with Crippen molar-refractivity contribution in [3.05, 3.63) is 40.9 Å².